The normalized spacial score (nSPS) is 13.6. The first-order valence-electron chi connectivity index (χ1n) is 9.87. The van der Waals surface area contributed by atoms with Gasteiger partial charge in [-0.2, -0.15) is 18.2 Å². The summed E-state index contributed by atoms with van der Waals surface area (Å²) in [6, 6.07) is 4.89. The Balaban J connectivity index is 0.00000363. The average molecular weight is 480 g/mol. The number of alkyl halides is 3. The zero-order valence-electron chi connectivity index (χ0n) is 17.5. The van der Waals surface area contributed by atoms with E-state index in [2.05, 4.69) is 21.9 Å². The summed E-state index contributed by atoms with van der Waals surface area (Å²) in [7, 11) is 0. The molecule has 0 saturated heterocycles. The number of hydrogen-bond donors (Lipinski definition) is 1. The second kappa shape index (κ2) is 11.7. The molecule has 3 rings (SSSR count). The molecule has 32 heavy (non-hydrogen) atoms. The molecule has 1 aromatic carbocycles. The van der Waals surface area contributed by atoms with Crippen molar-refractivity contribution >= 4 is 51.8 Å². The van der Waals surface area contributed by atoms with E-state index >= 15 is 0 Å². The molecule has 0 spiro atoms. The summed E-state index contributed by atoms with van der Waals surface area (Å²) in [4.78, 5) is 11.2. The number of hydrogen-bond acceptors (Lipinski definition) is 5. The monoisotopic (exact) mass is 479 g/mol. The van der Waals surface area contributed by atoms with Gasteiger partial charge in [-0.15, -0.1) is 0 Å². The molecule has 0 bridgehead atoms. The van der Waals surface area contributed by atoms with Crippen molar-refractivity contribution in [3.05, 3.63) is 47.3 Å². The Morgan fingerprint density at radius 3 is 2.69 bits per heavy atom. The number of fused-ring (bicyclic) bond motifs is 1. The van der Waals surface area contributed by atoms with Gasteiger partial charge in [0, 0.05) is 22.9 Å². The van der Waals surface area contributed by atoms with Gasteiger partial charge in [-0.3, -0.25) is 9.97 Å². The van der Waals surface area contributed by atoms with E-state index in [0.717, 1.165) is 30.5 Å². The number of ether oxygens (including phenoxy) is 2. The predicted molar refractivity (Wildman–Crippen MR) is 118 cm³/mol. The fourth-order valence-corrected chi connectivity index (χ4v) is 4.00. The van der Waals surface area contributed by atoms with E-state index < -0.39 is 29.2 Å². The Bertz CT molecular complexity index is 1030. The van der Waals surface area contributed by atoms with E-state index in [0.29, 0.717) is 23.6 Å². The van der Waals surface area contributed by atoms with Crippen LogP contribution in [0.15, 0.2) is 35.6 Å². The summed E-state index contributed by atoms with van der Waals surface area (Å²) >= 11 is -1.63. The van der Waals surface area contributed by atoms with Gasteiger partial charge in [0.2, 0.25) is 0 Å². The Labute approximate surface area is 209 Å². The zero-order chi connectivity index (χ0) is 22.6. The summed E-state index contributed by atoms with van der Waals surface area (Å²) in [5.41, 5.74) is 0.959. The summed E-state index contributed by atoms with van der Waals surface area (Å²) < 4.78 is 62.9. The van der Waals surface area contributed by atoms with Gasteiger partial charge in [0.25, 0.3) is 0 Å². The molecule has 170 valence electrons. The van der Waals surface area contributed by atoms with E-state index in [1.165, 1.54) is 6.07 Å². The first-order chi connectivity index (χ1) is 14.7. The average Bonchev–Trinajstić information content (AvgIpc) is 3.14. The van der Waals surface area contributed by atoms with E-state index in [9.17, 15) is 17.7 Å². The number of benzene rings is 1. The second-order valence-electron chi connectivity index (χ2n) is 7.05. The van der Waals surface area contributed by atoms with E-state index in [4.69, 9.17) is 9.47 Å². The van der Waals surface area contributed by atoms with Crippen LogP contribution in [-0.2, 0) is 27.8 Å². The quantitative estimate of drug-likeness (QED) is 0.212. The number of rotatable bonds is 9. The number of nitrogens with zero attached hydrogens (tertiary/aromatic N) is 2. The van der Waals surface area contributed by atoms with Crippen LogP contribution >= 0.6 is 0 Å². The van der Waals surface area contributed by atoms with Gasteiger partial charge in [-0.1, -0.05) is 13.3 Å². The predicted octanol–water partition coefficient (Wildman–Crippen LogP) is 4.49. The van der Waals surface area contributed by atoms with Crippen LogP contribution in [0.1, 0.15) is 43.5 Å². The van der Waals surface area contributed by atoms with Crippen molar-refractivity contribution in [1.82, 2.24) is 15.0 Å². The van der Waals surface area contributed by atoms with Gasteiger partial charge >= 0.3 is 40.9 Å². The molecular weight excluding hydrogens is 454 g/mol. The fraction of sp³-hybridized carbons (Fsp3) is 0.429. The van der Waals surface area contributed by atoms with Crippen LogP contribution in [0, 0.1) is 6.92 Å². The number of halogens is 3. The number of aromatic nitrogens is 3. The topological polar surface area (TPSA) is 83.1 Å². The van der Waals surface area contributed by atoms with Crippen molar-refractivity contribution in [3.63, 3.8) is 0 Å². The minimum absolute atomic E-state index is 0. The third-order valence-electron chi connectivity index (χ3n) is 4.67. The third kappa shape index (κ3) is 6.85. The number of pyridine rings is 1. The van der Waals surface area contributed by atoms with Crippen molar-refractivity contribution in [2.75, 3.05) is 6.61 Å². The van der Waals surface area contributed by atoms with E-state index in [-0.39, 0.29) is 46.0 Å². The standard InChI is InChI=1S/C21H24F3N3O3S.Na.H/c1-4-5-10-29-14(3)30-19-8-9-25-18(13(19)2)12-31(28)20-26-16-7-6-15(21(22,23)24)11-17(16)27-20;;/h6-9,11,14H,4-5,10,12H2,1-3H3,(H,26,27);;. The van der Waals surface area contributed by atoms with Crippen LogP contribution in [-0.4, -0.2) is 62.0 Å². The van der Waals surface area contributed by atoms with Crippen LogP contribution in [0.5, 0.6) is 5.75 Å². The summed E-state index contributed by atoms with van der Waals surface area (Å²) in [6.07, 6.45) is -1.39. The molecule has 0 aliphatic heterocycles. The molecule has 2 atom stereocenters. The van der Waals surface area contributed by atoms with Crippen molar-refractivity contribution in [2.24, 2.45) is 0 Å². The first-order valence-corrected chi connectivity index (χ1v) is 11.2. The Kier molecular flexibility index (Phi) is 9.86. The Hall–Kier alpha value is -1.30. The molecule has 2 aromatic heterocycles. The molecule has 0 aliphatic carbocycles. The van der Waals surface area contributed by atoms with Crippen molar-refractivity contribution < 1.29 is 27.2 Å². The molecule has 1 N–H and O–H groups in total. The van der Waals surface area contributed by atoms with Crippen LogP contribution in [0.25, 0.3) is 11.0 Å². The van der Waals surface area contributed by atoms with Crippen molar-refractivity contribution in [3.8, 4) is 5.75 Å². The second-order valence-corrected chi connectivity index (χ2v) is 8.42. The third-order valence-corrected chi connectivity index (χ3v) is 5.83. The number of H-pyrrole nitrogens is 1. The zero-order valence-corrected chi connectivity index (χ0v) is 18.3. The maximum absolute atomic E-state index is 12.9. The van der Waals surface area contributed by atoms with Crippen LogP contribution in [0.3, 0.4) is 0 Å². The minimum atomic E-state index is -4.47. The van der Waals surface area contributed by atoms with E-state index in [1.807, 2.05) is 6.92 Å². The molecule has 2 unspecified atom stereocenters. The summed E-state index contributed by atoms with van der Waals surface area (Å²) in [5.74, 6) is 0.616. The molecular formula is C21H25F3N3NaO3S. The maximum atomic E-state index is 12.9. The van der Waals surface area contributed by atoms with Gasteiger partial charge in [-0.05, 0) is 44.5 Å². The van der Waals surface area contributed by atoms with Crippen LogP contribution < -0.4 is 4.74 Å². The molecule has 0 radical (unpaired) electrons. The molecule has 0 saturated carbocycles. The SMILES string of the molecule is CCCCOC(C)Oc1ccnc(C[S+]([O-])c2nc3cc(C(F)(F)F)ccc3[nH]2)c1C.[NaH]. The van der Waals surface area contributed by atoms with Gasteiger partial charge in [0.15, 0.2) is 12.0 Å². The molecule has 6 nitrogen and oxygen atoms in total. The van der Waals surface area contributed by atoms with Gasteiger partial charge in [-0.25, -0.2) is 0 Å². The van der Waals surface area contributed by atoms with Gasteiger partial charge < -0.3 is 14.0 Å². The van der Waals surface area contributed by atoms with Gasteiger partial charge in [0.05, 0.1) is 28.9 Å². The Morgan fingerprint density at radius 2 is 2.00 bits per heavy atom. The molecule has 0 aliphatic rings. The molecule has 11 heteroatoms. The number of aromatic amines is 1. The van der Waals surface area contributed by atoms with Crippen LogP contribution in [0.2, 0.25) is 0 Å². The molecule has 0 fully saturated rings. The number of nitrogens with one attached hydrogen (secondary N) is 1. The molecule has 0 amide bonds. The van der Waals surface area contributed by atoms with Crippen molar-refractivity contribution in [2.45, 2.75) is 57.0 Å². The summed E-state index contributed by atoms with van der Waals surface area (Å²) in [6.45, 7) is 6.28. The van der Waals surface area contributed by atoms with Gasteiger partial charge in [0.1, 0.15) is 5.75 Å². The fourth-order valence-electron chi connectivity index (χ4n) is 2.90. The molecule has 2 heterocycles. The van der Waals surface area contributed by atoms with Crippen LogP contribution in [0.4, 0.5) is 13.2 Å². The first kappa shape index (κ1) is 26.9. The number of imidazole rings is 1. The van der Waals surface area contributed by atoms with Crippen molar-refractivity contribution in [1.29, 1.82) is 0 Å². The summed E-state index contributed by atoms with van der Waals surface area (Å²) in [5, 5.41) is 0.0955. The van der Waals surface area contributed by atoms with E-state index in [1.54, 1.807) is 19.2 Å². The number of unbranched alkanes of at least 4 members (excludes halogenated alkanes) is 1. The Morgan fingerprint density at radius 1 is 1.25 bits per heavy atom. The molecule has 3 aromatic rings.